The Kier molecular flexibility index (Phi) is 7.68. The van der Waals surface area contributed by atoms with E-state index < -0.39 is 5.97 Å². The number of rotatable bonds is 7. The predicted octanol–water partition coefficient (Wildman–Crippen LogP) is 7.96. The number of carboxylic acid groups (broad SMARTS) is 1. The number of halogens is 1. The molecule has 1 unspecified atom stereocenters. The van der Waals surface area contributed by atoms with E-state index >= 15 is 0 Å². The van der Waals surface area contributed by atoms with Crippen LogP contribution in [0.15, 0.2) is 83.5 Å². The molecule has 1 fully saturated rings. The second kappa shape index (κ2) is 11.3. The number of allylic oxidation sites excluding steroid dienone is 1. The molecule has 2 heterocycles. The number of ether oxygens (including phenoxy) is 1. The molecule has 188 valence electrons. The molecule has 1 aliphatic heterocycles. The number of nitrogens with zero attached hydrogens (tertiary/aromatic N) is 2. The molecule has 1 N–H and O–H groups in total. The molecule has 5 rings (SSSR count). The van der Waals surface area contributed by atoms with Crippen molar-refractivity contribution < 1.29 is 14.6 Å². The third-order valence-electron chi connectivity index (χ3n) is 6.78. The van der Waals surface area contributed by atoms with E-state index in [-0.39, 0.29) is 6.23 Å². The molecule has 0 amide bonds. The van der Waals surface area contributed by atoms with Gasteiger partial charge in [-0.25, -0.2) is 9.48 Å². The Bertz CT molecular complexity index is 1460. The first-order valence-electron chi connectivity index (χ1n) is 12.6. The average Bonchev–Trinajstić information content (AvgIpc) is 3.35. The van der Waals surface area contributed by atoms with Gasteiger partial charge in [-0.15, -0.1) is 0 Å². The number of benzene rings is 3. The summed E-state index contributed by atoms with van der Waals surface area (Å²) >= 11 is 3.55. The van der Waals surface area contributed by atoms with Gasteiger partial charge in [0.25, 0.3) is 0 Å². The van der Waals surface area contributed by atoms with E-state index in [4.69, 9.17) is 9.84 Å². The van der Waals surface area contributed by atoms with Gasteiger partial charge in [0, 0.05) is 22.5 Å². The molecule has 5 nitrogen and oxygen atoms in total. The van der Waals surface area contributed by atoms with E-state index in [2.05, 4.69) is 82.5 Å². The van der Waals surface area contributed by atoms with Crippen LogP contribution >= 0.6 is 15.9 Å². The zero-order valence-electron chi connectivity index (χ0n) is 20.7. The van der Waals surface area contributed by atoms with Gasteiger partial charge in [-0.05, 0) is 89.4 Å². The van der Waals surface area contributed by atoms with E-state index in [0.29, 0.717) is 0 Å². The van der Waals surface area contributed by atoms with Crippen molar-refractivity contribution in [1.29, 1.82) is 0 Å². The molecule has 4 aromatic rings. The summed E-state index contributed by atoms with van der Waals surface area (Å²) in [4.78, 5) is 10.9. The summed E-state index contributed by atoms with van der Waals surface area (Å²) < 4.78 is 9.05. The molecule has 1 saturated heterocycles. The van der Waals surface area contributed by atoms with Crippen LogP contribution in [0.3, 0.4) is 0 Å². The van der Waals surface area contributed by atoms with Crippen LogP contribution in [0.25, 0.3) is 28.1 Å². The first kappa shape index (κ1) is 25.2. The lowest BCUT2D eigenvalue weighted by molar-refractivity contribution is -0.131. The van der Waals surface area contributed by atoms with Crippen LogP contribution in [0, 0.1) is 0 Å². The van der Waals surface area contributed by atoms with Crippen molar-refractivity contribution in [2.24, 2.45) is 0 Å². The lowest BCUT2D eigenvalue weighted by atomic mass is 9.87. The van der Waals surface area contributed by atoms with Crippen molar-refractivity contribution in [3.8, 4) is 0 Å². The highest BCUT2D eigenvalue weighted by molar-refractivity contribution is 9.10. The van der Waals surface area contributed by atoms with E-state index in [9.17, 15) is 4.79 Å². The number of hydrogen-bond donors (Lipinski definition) is 1. The molecule has 1 aliphatic rings. The Hall–Kier alpha value is -3.48. The second-order valence-corrected chi connectivity index (χ2v) is 10.1. The fourth-order valence-corrected chi connectivity index (χ4v) is 5.24. The zero-order chi connectivity index (χ0) is 25.8. The van der Waals surface area contributed by atoms with Crippen LogP contribution in [0.1, 0.15) is 61.1 Å². The average molecular weight is 557 g/mol. The summed E-state index contributed by atoms with van der Waals surface area (Å²) in [5.41, 5.74) is 7.68. The summed E-state index contributed by atoms with van der Waals surface area (Å²) in [7, 11) is 0. The largest absolute Gasteiger partial charge is 0.478 e. The highest BCUT2D eigenvalue weighted by Crippen LogP contribution is 2.37. The topological polar surface area (TPSA) is 64.3 Å². The maximum Gasteiger partial charge on any atom is 0.328 e. The summed E-state index contributed by atoms with van der Waals surface area (Å²) in [6, 6.07) is 23.0. The lowest BCUT2D eigenvalue weighted by Crippen LogP contribution is -2.18. The maximum absolute atomic E-state index is 10.9. The van der Waals surface area contributed by atoms with E-state index in [0.717, 1.165) is 76.0 Å². The molecule has 0 spiro atoms. The zero-order valence-corrected chi connectivity index (χ0v) is 22.3. The van der Waals surface area contributed by atoms with Gasteiger partial charge in [0.2, 0.25) is 0 Å². The number of aromatic nitrogens is 2. The molecule has 1 atom stereocenters. The standard InChI is InChI=1S/C31H29BrN2O3/c1-2-27(22-11-14-26(32)15-12-22)31(23-9-6-21(7-10-23)8-17-30(35)36)24-13-16-28-25(19-24)20-33-34(28)29-5-3-4-18-37-29/h6-17,19-20,29H,2-5,18H2,1H3,(H,35,36)/b17-8?,31-27-. The normalized spacial score (nSPS) is 16.8. The Morgan fingerprint density at radius 2 is 1.78 bits per heavy atom. The molecular formula is C31H29BrN2O3. The molecule has 0 bridgehead atoms. The fourth-order valence-electron chi connectivity index (χ4n) is 4.97. The van der Waals surface area contributed by atoms with Crippen LogP contribution in [-0.4, -0.2) is 27.5 Å². The Balaban J connectivity index is 1.62. The van der Waals surface area contributed by atoms with Gasteiger partial charge in [-0.2, -0.15) is 5.10 Å². The SMILES string of the molecule is CC/C(=C(\c1ccc(C=CC(=O)O)cc1)c1ccc2c(cnn2C2CCCCO2)c1)c1ccc(Br)cc1. The van der Waals surface area contributed by atoms with Gasteiger partial charge < -0.3 is 9.84 Å². The van der Waals surface area contributed by atoms with Crippen molar-refractivity contribution in [1.82, 2.24) is 9.78 Å². The molecule has 0 radical (unpaired) electrons. The van der Waals surface area contributed by atoms with Crippen LogP contribution in [0.5, 0.6) is 0 Å². The third-order valence-corrected chi connectivity index (χ3v) is 7.31. The van der Waals surface area contributed by atoms with Crippen molar-refractivity contribution >= 4 is 50.0 Å². The minimum Gasteiger partial charge on any atom is -0.478 e. The Morgan fingerprint density at radius 1 is 1.05 bits per heavy atom. The fraction of sp³-hybridized carbons (Fsp3) is 0.226. The van der Waals surface area contributed by atoms with Gasteiger partial charge in [-0.1, -0.05) is 65.3 Å². The minimum absolute atomic E-state index is 0.00696. The first-order chi connectivity index (χ1) is 18.0. The van der Waals surface area contributed by atoms with E-state index in [1.807, 2.05) is 23.0 Å². The second-order valence-electron chi connectivity index (χ2n) is 9.19. The quantitative estimate of drug-likeness (QED) is 0.185. The molecule has 6 heteroatoms. The van der Waals surface area contributed by atoms with Gasteiger partial charge in [0.15, 0.2) is 6.23 Å². The van der Waals surface area contributed by atoms with Crippen molar-refractivity contribution in [2.75, 3.05) is 6.61 Å². The molecule has 0 saturated carbocycles. The lowest BCUT2D eigenvalue weighted by Gasteiger charge is -2.23. The highest BCUT2D eigenvalue weighted by Gasteiger charge is 2.20. The molecule has 0 aliphatic carbocycles. The van der Waals surface area contributed by atoms with Gasteiger partial charge >= 0.3 is 5.97 Å². The van der Waals surface area contributed by atoms with E-state index in [1.165, 1.54) is 11.1 Å². The Labute approximate surface area is 225 Å². The number of carboxylic acids is 1. The first-order valence-corrected chi connectivity index (χ1v) is 13.4. The smallest absolute Gasteiger partial charge is 0.328 e. The number of fused-ring (bicyclic) bond motifs is 1. The third kappa shape index (κ3) is 5.60. The van der Waals surface area contributed by atoms with Crippen molar-refractivity contribution in [3.05, 3.63) is 106 Å². The monoisotopic (exact) mass is 556 g/mol. The van der Waals surface area contributed by atoms with Gasteiger partial charge in [-0.3, -0.25) is 0 Å². The predicted molar refractivity (Wildman–Crippen MR) is 152 cm³/mol. The molecular weight excluding hydrogens is 528 g/mol. The van der Waals surface area contributed by atoms with Crippen LogP contribution < -0.4 is 0 Å². The molecule has 3 aromatic carbocycles. The number of carbonyl (C=O) groups is 1. The van der Waals surface area contributed by atoms with E-state index in [1.54, 1.807) is 6.08 Å². The van der Waals surface area contributed by atoms with Gasteiger partial charge in [0.1, 0.15) is 0 Å². The van der Waals surface area contributed by atoms with Crippen molar-refractivity contribution in [3.63, 3.8) is 0 Å². The van der Waals surface area contributed by atoms with Crippen molar-refractivity contribution in [2.45, 2.75) is 38.8 Å². The summed E-state index contributed by atoms with van der Waals surface area (Å²) in [5.74, 6) is -0.958. The summed E-state index contributed by atoms with van der Waals surface area (Å²) in [5, 5.41) is 14.7. The maximum atomic E-state index is 10.9. The highest BCUT2D eigenvalue weighted by atomic mass is 79.9. The summed E-state index contributed by atoms with van der Waals surface area (Å²) in [6.45, 7) is 2.96. The van der Waals surface area contributed by atoms with Crippen LogP contribution in [0.4, 0.5) is 0 Å². The summed E-state index contributed by atoms with van der Waals surface area (Å²) in [6.07, 6.45) is 8.79. The molecule has 37 heavy (non-hydrogen) atoms. The Morgan fingerprint density at radius 3 is 2.46 bits per heavy atom. The van der Waals surface area contributed by atoms with Crippen LogP contribution in [0.2, 0.25) is 0 Å². The van der Waals surface area contributed by atoms with Gasteiger partial charge in [0.05, 0.1) is 11.7 Å². The number of aliphatic carboxylic acids is 1. The van der Waals surface area contributed by atoms with Crippen LogP contribution in [-0.2, 0) is 9.53 Å². The number of hydrogen-bond acceptors (Lipinski definition) is 3. The molecule has 1 aromatic heterocycles. The minimum atomic E-state index is -0.958.